The minimum Gasteiger partial charge on any atom is -0.444 e. The fourth-order valence-corrected chi connectivity index (χ4v) is 4.95. The van der Waals surface area contributed by atoms with Crippen molar-refractivity contribution in [3.8, 4) is 5.69 Å². The molecular formula is C26H30Br2N4O3. The van der Waals surface area contributed by atoms with E-state index in [2.05, 4.69) is 53.7 Å². The maximum atomic E-state index is 13.4. The molecule has 35 heavy (non-hydrogen) atoms. The first-order valence-corrected chi connectivity index (χ1v) is 12.8. The maximum Gasteiger partial charge on any atom is 0.408 e. The predicted molar refractivity (Wildman–Crippen MR) is 145 cm³/mol. The molecular weight excluding hydrogens is 576 g/mol. The highest BCUT2D eigenvalue weighted by Crippen LogP contribution is 2.24. The number of carbonyl (C=O) groups excluding carboxylic acids is 2. The van der Waals surface area contributed by atoms with Crippen molar-refractivity contribution in [3.63, 3.8) is 0 Å². The topological polar surface area (TPSA) is 85.3 Å². The summed E-state index contributed by atoms with van der Waals surface area (Å²) in [5, 5.41) is 10.2. The van der Waals surface area contributed by atoms with E-state index in [-0.39, 0.29) is 12.3 Å². The number of amides is 2. The summed E-state index contributed by atoms with van der Waals surface area (Å²) in [5.74, 6) is -0.365. The van der Waals surface area contributed by atoms with Gasteiger partial charge in [0, 0.05) is 15.4 Å². The van der Waals surface area contributed by atoms with E-state index < -0.39 is 17.7 Å². The molecule has 0 aliphatic rings. The zero-order valence-corrected chi connectivity index (χ0v) is 23.9. The van der Waals surface area contributed by atoms with Crippen LogP contribution in [0.15, 0.2) is 51.5 Å². The van der Waals surface area contributed by atoms with Gasteiger partial charge in [-0.15, -0.1) is 0 Å². The van der Waals surface area contributed by atoms with E-state index >= 15 is 0 Å². The number of benzene rings is 2. The summed E-state index contributed by atoms with van der Waals surface area (Å²) in [5.41, 5.74) is 4.68. The molecule has 0 aliphatic carbocycles. The number of nitrogens with one attached hydrogen (secondary N) is 2. The van der Waals surface area contributed by atoms with E-state index in [0.29, 0.717) is 5.69 Å². The largest absolute Gasteiger partial charge is 0.444 e. The molecule has 3 rings (SSSR count). The number of hydrogen-bond acceptors (Lipinski definition) is 4. The van der Waals surface area contributed by atoms with Gasteiger partial charge in [0.15, 0.2) is 0 Å². The standard InChI is InChI=1S/C26H30Br2N4O3/c1-15-7-8-16(2)23(9-15)32-17(3)22(14-29-32)30-24(33)21(31-25(34)35-26(4,5)6)12-18-10-19(27)13-20(28)11-18/h7-11,13-14,21H,12H2,1-6H3,(H,30,33)(H,31,34). The van der Waals surface area contributed by atoms with Crippen LogP contribution in [0.3, 0.4) is 0 Å². The molecule has 2 aromatic carbocycles. The van der Waals surface area contributed by atoms with Crippen LogP contribution in [0.25, 0.3) is 5.69 Å². The average Bonchev–Trinajstić information content (AvgIpc) is 3.07. The smallest absolute Gasteiger partial charge is 0.408 e. The number of anilines is 1. The number of carbonyl (C=O) groups is 2. The third kappa shape index (κ3) is 7.41. The van der Waals surface area contributed by atoms with Gasteiger partial charge in [-0.2, -0.15) is 5.10 Å². The van der Waals surface area contributed by atoms with Crippen molar-refractivity contribution >= 4 is 49.5 Å². The van der Waals surface area contributed by atoms with Gasteiger partial charge in [0.2, 0.25) is 5.91 Å². The minimum absolute atomic E-state index is 0.271. The number of alkyl carbamates (subject to hydrolysis) is 1. The molecule has 0 saturated carbocycles. The number of aryl methyl sites for hydroxylation is 2. The van der Waals surface area contributed by atoms with E-state index in [9.17, 15) is 9.59 Å². The molecule has 1 heterocycles. The second-order valence-electron chi connectivity index (χ2n) is 9.52. The maximum absolute atomic E-state index is 13.4. The van der Waals surface area contributed by atoms with Crippen LogP contribution in [0.2, 0.25) is 0 Å². The zero-order valence-electron chi connectivity index (χ0n) is 20.7. The number of rotatable bonds is 6. The molecule has 0 spiro atoms. The quantitative estimate of drug-likeness (QED) is 0.341. The Bertz CT molecular complexity index is 1230. The van der Waals surface area contributed by atoms with Crippen LogP contribution in [-0.4, -0.2) is 33.4 Å². The molecule has 7 nitrogen and oxygen atoms in total. The van der Waals surface area contributed by atoms with Crippen LogP contribution in [0, 0.1) is 20.8 Å². The van der Waals surface area contributed by atoms with E-state index in [0.717, 1.165) is 37.0 Å². The van der Waals surface area contributed by atoms with Crippen molar-refractivity contribution in [1.82, 2.24) is 15.1 Å². The number of nitrogens with zero attached hydrogens (tertiary/aromatic N) is 2. The van der Waals surface area contributed by atoms with Crippen LogP contribution in [0.4, 0.5) is 10.5 Å². The molecule has 0 bridgehead atoms. The van der Waals surface area contributed by atoms with Crippen molar-refractivity contribution in [1.29, 1.82) is 0 Å². The number of ether oxygens (including phenoxy) is 1. The summed E-state index contributed by atoms with van der Waals surface area (Å²) in [4.78, 5) is 25.9. The summed E-state index contributed by atoms with van der Waals surface area (Å²) in [6.45, 7) is 11.3. The Morgan fingerprint density at radius 2 is 1.71 bits per heavy atom. The fraction of sp³-hybridized carbons (Fsp3) is 0.346. The minimum atomic E-state index is -0.866. The van der Waals surface area contributed by atoms with Gasteiger partial charge in [0.25, 0.3) is 0 Å². The molecule has 0 saturated heterocycles. The van der Waals surface area contributed by atoms with Gasteiger partial charge in [-0.1, -0.05) is 44.0 Å². The highest BCUT2D eigenvalue weighted by molar-refractivity contribution is 9.11. The normalized spacial score (nSPS) is 12.2. The Morgan fingerprint density at radius 1 is 1.06 bits per heavy atom. The van der Waals surface area contributed by atoms with Crippen LogP contribution in [0.5, 0.6) is 0 Å². The van der Waals surface area contributed by atoms with E-state index in [1.807, 2.05) is 51.1 Å². The predicted octanol–water partition coefficient (Wildman–Crippen LogP) is 6.40. The summed E-state index contributed by atoms with van der Waals surface area (Å²) in [6, 6.07) is 11.0. The number of aromatic nitrogens is 2. The molecule has 0 radical (unpaired) electrons. The Morgan fingerprint density at radius 3 is 2.34 bits per heavy atom. The van der Waals surface area contributed by atoms with Crippen LogP contribution in [-0.2, 0) is 16.0 Å². The first kappa shape index (κ1) is 26.9. The van der Waals surface area contributed by atoms with Crippen LogP contribution < -0.4 is 10.6 Å². The average molecular weight is 606 g/mol. The lowest BCUT2D eigenvalue weighted by Crippen LogP contribution is -2.47. The SMILES string of the molecule is Cc1ccc(C)c(-n2ncc(NC(=O)C(Cc3cc(Br)cc(Br)c3)NC(=O)OC(C)(C)C)c2C)c1. The van der Waals surface area contributed by atoms with Gasteiger partial charge in [-0.25, -0.2) is 9.48 Å². The highest BCUT2D eigenvalue weighted by atomic mass is 79.9. The highest BCUT2D eigenvalue weighted by Gasteiger charge is 2.26. The van der Waals surface area contributed by atoms with Gasteiger partial charge in [-0.3, -0.25) is 4.79 Å². The van der Waals surface area contributed by atoms with Crippen molar-refractivity contribution < 1.29 is 14.3 Å². The van der Waals surface area contributed by atoms with E-state index in [4.69, 9.17) is 4.74 Å². The first-order valence-electron chi connectivity index (χ1n) is 11.2. The monoisotopic (exact) mass is 604 g/mol. The van der Waals surface area contributed by atoms with Crippen molar-refractivity contribution in [2.75, 3.05) is 5.32 Å². The lowest BCUT2D eigenvalue weighted by atomic mass is 10.1. The Kier molecular flexibility index (Phi) is 8.43. The van der Waals surface area contributed by atoms with Crippen molar-refractivity contribution in [2.45, 2.75) is 59.6 Å². The summed E-state index contributed by atoms with van der Waals surface area (Å²) in [6.07, 6.45) is 1.23. The van der Waals surface area contributed by atoms with Crippen molar-refractivity contribution in [2.24, 2.45) is 0 Å². The van der Waals surface area contributed by atoms with Gasteiger partial charge in [0.1, 0.15) is 11.6 Å². The molecule has 0 aliphatic heterocycles. The van der Waals surface area contributed by atoms with Gasteiger partial charge < -0.3 is 15.4 Å². The third-order valence-electron chi connectivity index (χ3n) is 5.23. The molecule has 2 N–H and O–H groups in total. The molecule has 0 fully saturated rings. The van der Waals surface area contributed by atoms with Crippen LogP contribution in [0.1, 0.15) is 43.2 Å². The lowest BCUT2D eigenvalue weighted by Gasteiger charge is -2.23. The second-order valence-corrected chi connectivity index (χ2v) is 11.3. The molecule has 3 aromatic rings. The number of halogens is 2. The number of hydrogen-bond donors (Lipinski definition) is 2. The Hall–Kier alpha value is -2.65. The van der Waals surface area contributed by atoms with Gasteiger partial charge in [-0.05, 0) is 82.5 Å². The fourth-order valence-electron chi connectivity index (χ4n) is 3.57. The van der Waals surface area contributed by atoms with Gasteiger partial charge in [0.05, 0.1) is 23.3 Å². The van der Waals surface area contributed by atoms with E-state index in [1.165, 1.54) is 0 Å². The Labute approximate surface area is 222 Å². The Balaban J connectivity index is 1.86. The molecule has 2 amide bonds. The first-order chi connectivity index (χ1) is 16.3. The van der Waals surface area contributed by atoms with Crippen molar-refractivity contribution in [3.05, 3.63) is 73.9 Å². The van der Waals surface area contributed by atoms with E-state index in [1.54, 1.807) is 31.6 Å². The molecule has 1 unspecified atom stereocenters. The summed E-state index contributed by atoms with van der Waals surface area (Å²) >= 11 is 6.95. The third-order valence-corrected chi connectivity index (χ3v) is 6.15. The molecule has 9 heteroatoms. The molecule has 186 valence electrons. The van der Waals surface area contributed by atoms with Gasteiger partial charge >= 0.3 is 6.09 Å². The lowest BCUT2D eigenvalue weighted by molar-refractivity contribution is -0.118. The summed E-state index contributed by atoms with van der Waals surface area (Å²) < 4.78 is 8.93. The molecule has 1 atom stereocenters. The molecule has 1 aromatic heterocycles. The second kappa shape index (κ2) is 11.0. The van der Waals surface area contributed by atoms with Crippen LogP contribution >= 0.6 is 31.9 Å². The zero-order chi connectivity index (χ0) is 25.9. The summed E-state index contributed by atoms with van der Waals surface area (Å²) in [7, 11) is 0.